The first kappa shape index (κ1) is 24.3. The van der Waals surface area contributed by atoms with Crippen LogP contribution in [0.2, 0.25) is 0 Å². The van der Waals surface area contributed by atoms with E-state index in [1.165, 1.54) is 22.8 Å². The van der Waals surface area contributed by atoms with Gasteiger partial charge in [0.2, 0.25) is 0 Å². The predicted molar refractivity (Wildman–Crippen MR) is 129 cm³/mol. The van der Waals surface area contributed by atoms with Crippen molar-refractivity contribution in [2.24, 2.45) is 7.05 Å². The quantitative estimate of drug-likeness (QED) is 0.372. The maximum atomic E-state index is 13.7. The zero-order valence-electron chi connectivity index (χ0n) is 20.0. The summed E-state index contributed by atoms with van der Waals surface area (Å²) in [5, 5.41) is 15.1. The fourth-order valence-corrected chi connectivity index (χ4v) is 4.71. The smallest absolute Gasteiger partial charge is 0.294 e. The van der Waals surface area contributed by atoms with E-state index >= 15 is 0 Å². The molecule has 0 atom stereocenters. The van der Waals surface area contributed by atoms with Crippen LogP contribution in [0.3, 0.4) is 0 Å². The van der Waals surface area contributed by atoms with Crippen LogP contribution in [0.15, 0.2) is 42.7 Å². The Morgan fingerprint density at radius 2 is 1.80 bits per heavy atom. The second-order valence-corrected chi connectivity index (χ2v) is 9.32. The number of hydrogen-bond acceptors (Lipinski definition) is 5. The minimum atomic E-state index is -0.800. The maximum absolute atomic E-state index is 13.7. The molecule has 0 unspecified atom stereocenters. The standard InChI is InChI=1S/C26H27FN4O4/c1-14-11-17(5-6-19(14)27)29-24(34)20-15(2)21(31(4)22(20)16-7-9-28-10-8-16)23(33)25(35)30-26(3)12-18(32)13-26/h5-11,18,32H,12-13H2,1-4H3,(H,29,34)(H,30,35)/t18-,26+. The van der Waals surface area contributed by atoms with Gasteiger partial charge in [-0.25, -0.2) is 4.39 Å². The Morgan fingerprint density at radius 3 is 2.40 bits per heavy atom. The highest BCUT2D eigenvalue weighted by Gasteiger charge is 2.42. The summed E-state index contributed by atoms with van der Waals surface area (Å²) >= 11 is 0. The van der Waals surface area contributed by atoms with E-state index in [0.717, 1.165) is 0 Å². The van der Waals surface area contributed by atoms with Crippen molar-refractivity contribution in [2.75, 3.05) is 5.32 Å². The number of hydrogen-bond donors (Lipinski definition) is 3. The van der Waals surface area contributed by atoms with Crippen molar-refractivity contribution in [3.8, 4) is 11.3 Å². The third-order valence-electron chi connectivity index (χ3n) is 6.44. The average molecular weight is 479 g/mol. The molecule has 1 aliphatic rings. The lowest BCUT2D eigenvalue weighted by molar-refractivity contribution is -0.121. The van der Waals surface area contributed by atoms with E-state index in [1.54, 1.807) is 52.3 Å². The Morgan fingerprint density at radius 1 is 1.14 bits per heavy atom. The highest BCUT2D eigenvalue weighted by Crippen LogP contribution is 2.34. The molecular weight excluding hydrogens is 451 g/mol. The summed E-state index contributed by atoms with van der Waals surface area (Å²) in [5.41, 5.74) is 1.86. The van der Waals surface area contributed by atoms with Gasteiger partial charge in [0.25, 0.3) is 17.6 Å². The molecule has 0 aliphatic heterocycles. The minimum absolute atomic E-state index is 0.0817. The molecule has 2 heterocycles. The third-order valence-corrected chi connectivity index (χ3v) is 6.44. The van der Waals surface area contributed by atoms with Crippen LogP contribution in [0.25, 0.3) is 11.3 Å². The van der Waals surface area contributed by atoms with Crippen LogP contribution < -0.4 is 10.6 Å². The lowest BCUT2D eigenvalue weighted by atomic mass is 9.76. The number of rotatable bonds is 6. The fourth-order valence-electron chi connectivity index (χ4n) is 4.71. The monoisotopic (exact) mass is 478 g/mol. The van der Waals surface area contributed by atoms with Gasteiger partial charge in [-0.1, -0.05) is 0 Å². The van der Waals surface area contributed by atoms with Crippen molar-refractivity contribution in [1.29, 1.82) is 0 Å². The van der Waals surface area contributed by atoms with E-state index in [-0.39, 0.29) is 17.1 Å². The van der Waals surface area contributed by atoms with Gasteiger partial charge in [0.15, 0.2) is 0 Å². The zero-order chi connectivity index (χ0) is 25.5. The number of nitrogens with zero attached hydrogens (tertiary/aromatic N) is 2. The molecule has 0 saturated heterocycles. The lowest BCUT2D eigenvalue weighted by Crippen LogP contribution is -2.58. The van der Waals surface area contributed by atoms with Crippen molar-refractivity contribution in [1.82, 2.24) is 14.9 Å². The van der Waals surface area contributed by atoms with Crippen molar-refractivity contribution < 1.29 is 23.9 Å². The second kappa shape index (κ2) is 9.07. The summed E-state index contributed by atoms with van der Waals surface area (Å²) < 4.78 is 15.2. The van der Waals surface area contributed by atoms with Gasteiger partial charge < -0.3 is 20.3 Å². The van der Waals surface area contributed by atoms with Crippen molar-refractivity contribution in [3.05, 3.63) is 70.9 Å². The summed E-state index contributed by atoms with van der Waals surface area (Å²) in [6, 6.07) is 7.66. The van der Waals surface area contributed by atoms with Gasteiger partial charge in [-0.05, 0) is 75.1 Å². The number of aliphatic hydroxyl groups is 1. The molecule has 0 radical (unpaired) electrons. The van der Waals surface area contributed by atoms with E-state index in [9.17, 15) is 23.9 Å². The first-order valence-corrected chi connectivity index (χ1v) is 11.2. The maximum Gasteiger partial charge on any atom is 0.294 e. The molecule has 3 aromatic rings. The van der Waals surface area contributed by atoms with Gasteiger partial charge in [-0.15, -0.1) is 0 Å². The topological polar surface area (TPSA) is 113 Å². The molecule has 1 saturated carbocycles. The number of carbonyl (C=O) groups is 3. The summed E-state index contributed by atoms with van der Waals surface area (Å²) in [5.74, 6) is -2.46. The first-order valence-electron chi connectivity index (χ1n) is 11.2. The fraction of sp³-hybridized carbons (Fsp3) is 0.308. The summed E-state index contributed by atoms with van der Waals surface area (Å²) in [6.07, 6.45) is 3.37. The predicted octanol–water partition coefficient (Wildman–Crippen LogP) is 3.31. The number of nitrogens with one attached hydrogen (secondary N) is 2. The molecule has 8 nitrogen and oxygen atoms in total. The molecule has 2 amide bonds. The van der Waals surface area contributed by atoms with E-state index in [0.29, 0.717) is 40.9 Å². The van der Waals surface area contributed by atoms with Crippen LogP contribution in [0.5, 0.6) is 0 Å². The molecule has 9 heteroatoms. The highest BCUT2D eigenvalue weighted by atomic mass is 19.1. The summed E-state index contributed by atoms with van der Waals surface area (Å²) in [7, 11) is 1.62. The number of aryl methyl sites for hydroxylation is 1. The number of anilines is 1. The average Bonchev–Trinajstić information content (AvgIpc) is 3.05. The van der Waals surface area contributed by atoms with Crippen molar-refractivity contribution in [2.45, 2.75) is 45.3 Å². The second-order valence-electron chi connectivity index (χ2n) is 9.32. The molecule has 1 aliphatic carbocycles. The van der Waals surface area contributed by atoms with Crippen LogP contribution in [0.4, 0.5) is 10.1 Å². The van der Waals surface area contributed by atoms with Crippen LogP contribution in [-0.4, -0.2) is 43.9 Å². The van der Waals surface area contributed by atoms with Gasteiger partial charge in [0.05, 0.1) is 23.1 Å². The van der Waals surface area contributed by atoms with E-state index in [4.69, 9.17) is 0 Å². The number of aliphatic hydroxyl groups excluding tert-OH is 1. The SMILES string of the molecule is Cc1cc(NC(=O)c2c(C)c(C(=O)C(=O)N[C@]3(C)C[C@H](O)C3)n(C)c2-c2ccncc2)ccc1F. The third kappa shape index (κ3) is 4.59. The minimum Gasteiger partial charge on any atom is -0.393 e. The van der Waals surface area contributed by atoms with E-state index in [2.05, 4.69) is 15.6 Å². The van der Waals surface area contributed by atoms with Crippen LogP contribution in [0.1, 0.15) is 51.7 Å². The Labute approximate surface area is 202 Å². The number of pyridine rings is 1. The number of amides is 2. The van der Waals surface area contributed by atoms with Crippen LogP contribution in [0, 0.1) is 19.7 Å². The number of aromatic nitrogens is 2. The number of benzene rings is 1. The first-order chi connectivity index (χ1) is 16.5. The van der Waals surface area contributed by atoms with E-state index in [1.807, 2.05) is 0 Å². The van der Waals surface area contributed by atoms with Crippen molar-refractivity contribution in [3.63, 3.8) is 0 Å². The molecule has 182 valence electrons. The highest BCUT2D eigenvalue weighted by molar-refractivity contribution is 6.43. The van der Waals surface area contributed by atoms with Gasteiger partial charge in [0, 0.05) is 36.2 Å². The zero-order valence-corrected chi connectivity index (χ0v) is 20.0. The molecule has 1 aromatic carbocycles. The molecule has 1 fully saturated rings. The van der Waals surface area contributed by atoms with E-state index < -0.39 is 29.2 Å². The van der Waals surface area contributed by atoms with Gasteiger partial charge >= 0.3 is 0 Å². The van der Waals surface area contributed by atoms with Crippen molar-refractivity contribution >= 4 is 23.3 Å². The van der Waals surface area contributed by atoms with Crippen LogP contribution in [-0.2, 0) is 11.8 Å². The molecule has 0 bridgehead atoms. The molecule has 0 spiro atoms. The molecular formula is C26H27FN4O4. The summed E-state index contributed by atoms with van der Waals surface area (Å²) in [6.45, 7) is 4.98. The molecule has 4 rings (SSSR count). The number of Topliss-reactive ketones (excluding diaryl/α,β-unsaturated/α-hetero) is 1. The Balaban J connectivity index is 1.75. The number of halogens is 1. The molecule has 3 N–H and O–H groups in total. The Bertz CT molecular complexity index is 1330. The van der Waals surface area contributed by atoms with Crippen LogP contribution >= 0.6 is 0 Å². The Hall–Kier alpha value is -3.85. The molecule has 2 aromatic heterocycles. The van der Waals surface area contributed by atoms with Gasteiger partial charge in [-0.2, -0.15) is 0 Å². The number of carbonyl (C=O) groups excluding carboxylic acids is 3. The lowest BCUT2D eigenvalue weighted by Gasteiger charge is -2.42. The normalized spacial score (nSPS) is 19.1. The number of ketones is 1. The Kier molecular flexibility index (Phi) is 6.29. The van der Waals surface area contributed by atoms with Gasteiger partial charge in [0.1, 0.15) is 5.82 Å². The summed E-state index contributed by atoms with van der Waals surface area (Å²) in [4.78, 5) is 43.6. The largest absolute Gasteiger partial charge is 0.393 e. The van der Waals surface area contributed by atoms with Gasteiger partial charge in [-0.3, -0.25) is 19.4 Å². The molecule has 35 heavy (non-hydrogen) atoms.